The SMILES string of the molecule is CC(=O)N[C@@H]1[C@H](Oc2cccc(C)c2)O[C@H]2CO[C@H](c3ccco3)O[C@@H]2[C@H]1O. The van der Waals surface area contributed by atoms with Gasteiger partial charge >= 0.3 is 0 Å². The lowest BCUT2D eigenvalue weighted by Crippen LogP contribution is -2.67. The molecule has 8 nitrogen and oxygen atoms in total. The quantitative estimate of drug-likeness (QED) is 0.821. The summed E-state index contributed by atoms with van der Waals surface area (Å²) in [6.07, 6.45) is -2.44. The number of aliphatic hydroxyl groups is 1. The Hall–Kier alpha value is -2.39. The minimum atomic E-state index is -1.06. The topological polar surface area (TPSA) is 99.4 Å². The van der Waals surface area contributed by atoms with E-state index < -0.39 is 36.9 Å². The number of hydrogen-bond acceptors (Lipinski definition) is 7. The Morgan fingerprint density at radius 2 is 2.11 bits per heavy atom. The van der Waals surface area contributed by atoms with Crippen LogP contribution in [0.3, 0.4) is 0 Å². The number of amides is 1. The van der Waals surface area contributed by atoms with E-state index in [0.29, 0.717) is 11.5 Å². The third kappa shape index (κ3) is 3.90. The highest BCUT2D eigenvalue weighted by molar-refractivity contribution is 5.73. The highest BCUT2D eigenvalue weighted by Crippen LogP contribution is 2.35. The molecule has 1 aromatic heterocycles. The first-order valence-corrected chi connectivity index (χ1v) is 9.15. The number of furan rings is 1. The van der Waals surface area contributed by atoms with Crippen molar-refractivity contribution in [1.29, 1.82) is 0 Å². The van der Waals surface area contributed by atoms with Gasteiger partial charge in [0.15, 0.2) is 5.76 Å². The lowest BCUT2D eigenvalue weighted by atomic mass is 9.96. The summed E-state index contributed by atoms with van der Waals surface area (Å²) in [6, 6.07) is 10.1. The molecule has 2 saturated heterocycles. The van der Waals surface area contributed by atoms with Crippen LogP contribution < -0.4 is 10.1 Å². The van der Waals surface area contributed by atoms with Crippen molar-refractivity contribution in [2.24, 2.45) is 0 Å². The molecule has 0 aliphatic carbocycles. The fourth-order valence-corrected chi connectivity index (χ4v) is 3.47. The molecule has 150 valence electrons. The molecule has 0 spiro atoms. The molecule has 0 saturated carbocycles. The van der Waals surface area contributed by atoms with Gasteiger partial charge in [0.1, 0.15) is 30.1 Å². The first-order valence-electron chi connectivity index (χ1n) is 9.15. The summed E-state index contributed by atoms with van der Waals surface area (Å²) in [6.45, 7) is 3.51. The van der Waals surface area contributed by atoms with Gasteiger partial charge in [0.25, 0.3) is 0 Å². The molecule has 0 unspecified atom stereocenters. The van der Waals surface area contributed by atoms with Gasteiger partial charge in [0.05, 0.1) is 12.9 Å². The van der Waals surface area contributed by atoms with Gasteiger partial charge in [0.2, 0.25) is 18.5 Å². The van der Waals surface area contributed by atoms with Gasteiger partial charge in [0, 0.05) is 6.92 Å². The van der Waals surface area contributed by atoms with Crippen molar-refractivity contribution < 1.29 is 33.3 Å². The van der Waals surface area contributed by atoms with Gasteiger partial charge in [-0.3, -0.25) is 4.79 Å². The number of carbonyl (C=O) groups is 1. The number of fused-ring (bicyclic) bond motifs is 1. The highest BCUT2D eigenvalue weighted by atomic mass is 16.8. The van der Waals surface area contributed by atoms with E-state index in [4.69, 9.17) is 23.4 Å². The summed E-state index contributed by atoms with van der Waals surface area (Å²) >= 11 is 0. The lowest BCUT2D eigenvalue weighted by molar-refractivity contribution is -0.336. The molecule has 2 aliphatic rings. The molecule has 2 aromatic rings. The number of aryl methyl sites for hydroxylation is 1. The molecule has 3 heterocycles. The van der Waals surface area contributed by atoms with Gasteiger partial charge in [-0.1, -0.05) is 12.1 Å². The van der Waals surface area contributed by atoms with Crippen molar-refractivity contribution in [3.8, 4) is 5.75 Å². The van der Waals surface area contributed by atoms with E-state index >= 15 is 0 Å². The molecule has 1 aromatic carbocycles. The third-order valence-corrected chi connectivity index (χ3v) is 4.75. The molecule has 0 bridgehead atoms. The molecular formula is C20H23NO7. The summed E-state index contributed by atoms with van der Waals surface area (Å²) in [5.41, 5.74) is 1.02. The van der Waals surface area contributed by atoms with Crippen molar-refractivity contribution in [1.82, 2.24) is 5.32 Å². The van der Waals surface area contributed by atoms with E-state index in [-0.39, 0.29) is 12.5 Å². The van der Waals surface area contributed by atoms with Gasteiger partial charge in [-0.2, -0.15) is 0 Å². The molecule has 2 N–H and O–H groups in total. The molecule has 6 atom stereocenters. The van der Waals surface area contributed by atoms with Crippen LogP contribution in [0.2, 0.25) is 0 Å². The number of carbonyl (C=O) groups excluding carboxylic acids is 1. The fourth-order valence-electron chi connectivity index (χ4n) is 3.47. The Kier molecular flexibility index (Phi) is 5.36. The van der Waals surface area contributed by atoms with Crippen LogP contribution in [0, 0.1) is 6.92 Å². The second-order valence-corrected chi connectivity index (χ2v) is 6.98. The number of rotatable bonds is 4. The number of aliphatic hydroxyl groups excluding tert-OH is 1. The smallest absolute Gasteiger partial charge is 0.223 e. The average Bonchev–Trinajstić information content (AvgIpc) is 3.19. The largest absolute Gasteiger partial charge is 0.464 e. The normalized spacial score (nSPS) is 32.4. The minimum Gasteiger partial charge on any atom is -0.464 e. The van der Waals surface area contributed by atoms with Crippen LogP contribution in [0.15, 0.2) is 47.1 Å². The van der Waals surface area contributed by atoms with Crippen molar-refractivity contribution in [2.45, 2.75) is 50.8 Å². The Bertz CT molecular complexity index is 809. The first-order chi connectivity index (χ1) is 13.5. The van der Waals surface area contributed by atoms with Crippen LogP contribution in [0.25, 0.3) is 0 Å². The predicted octanol–water partition coefficient (Wildman–Crippen LogP) is 1.67. The summed E-state index contributed by atoms with van der Waals surface area (Å²) in [5.74, 6) is 0.774. The summed E-state index contributed by atoms with van der Waals surface area (Å²) in [5, 5.41) is 13.7. The van der Waals surface area contributed by atoms with Crippen LogP contribution >= 0.6 is 0 Å². The van der Waals surface area contributed by atoms with Crippen molar-refractivity contribution in [3.63, 3.8) is 0 Å². The molecule has 2 aliphatic heterocycles. The Balaban J connectivity index is 1.54. The molecule has 8 heteroatoms. The van der Waals surface area contributed by atoms with Crippen LogP contribution in [-0.4, -0.2) is 48.3 Å². The summed E-state index contributed by atoms with van der Waals surface area (Å²) in [7, 11) is 0. The van der Waals surface area contributed by atoms with E-state index in [9.17, 15) is 9.90 Å². The Morgan fingerprint density at radius 3 is 2.82 bits per heavy atom. The van der Waals surface area contributed by atoms with Crippen LogP contribution in [0.1, 0.15) is 24.5 Å². The number of hydrogen-bond donors (Lipinski definition) is 2. The molecule has 28 heavy (non-hydrogen) atoms. The summed E-state index contributed by atoms with van der Waals surface area (Å²) in [4.78, 5) is 11.7. The molecule has 2 fully saturated rings. The van der Waals surface area contributed by atoms with E-state index in [1.165, 1.54) is 13.2 Å². The molecule has 4 rings (SSSR count). The minimum absolute atomic E-state index is 0.188. The fraction of sp³-hybridized carbons (Fsp3) is 0.450. The van der Waals surface area contributed by atoms with E-state index in [0.717, 1.165) is 5.56 Å². The first kappa shape index (κ1) is 18.9. The van der Waals surface area contributed by atoms with Crippen molar-refractivity contribution in [2.75, 3.05) is 6.61 Å². The Morgan fingerprint density at radius 1 is 1.25 bits per heavy atom. The lowest BCUT2D eigenvalue weighted by Gasteiger charge is -2.47. The number of nitrogens with one attached hydrogen (secondary N) is 1. The van der Waals surface area contributed by atoms with Gasteiger partial charge in [-0.15, -0.1) is 0 Å². The monoisotopic (exact) mass is 389 g/mol. The average molecular weight is 389 g/mol. The maximum Gasteiger partial charge on any atom is 0.223 e. The second kappa shape index (κ2) is 7.92. The van der Waals surface area contributed by atoms with E-state index in [1.807, 2.05) is 25.1 Å². The van der Waals surface area contributed by atoms with Gasteiger partial charge < -0.3 is 33.8 Å². The third-order valence-electron chi connectivity index (χ3n) is 4.75. The zero-order valence-electron chi connectivity index (χ0n) is 15.6. The zero-order valence-corrected chi connectivity index (χ0v) is 15.6. The second-order valence-electron chi connectivity index (χ2n) is 6.98. The van der Waals surface area contributed by atoms with Crippen molar-refractivity contribution in [3.05, 3.63) is 54.0 Å². The number of benzene rings is 1. The highest BCUT2D eigenvalue weighted by Gasteiger charge is 2.51. The van der Waals surface area contributed by atoms with Crippen molar-refractivity contribution >= 4 is 5.91 Å². The van der Waals surface area contributed by atoms with Gasteiger partial charge in [-0.05, 0) is 36.8 Å². The van der Waals surface area contributed by atoms with Crippen LogP contribution in [0.5, 0.6) is 5.75 Å². The van der Waals surface area contributed by atoms with E-state index in [2.05, 4.69) is 5.32 Å². The summed E-state index contributed by atoms with van der Waals surface area (Å²) < 4.78 is 28.8. The standard InChI is InChI=1S/C20H23NO7/c1-11-5-3-6-13(9-11)26-20-16(21-12(2)22)17(23)18-15(27-20)10-25-19(28-18)14-7-4-8-24-14/h3-9,15-20,23H,10H2,1-2H3,(H,21,22)/t15-,16-,17-,18-,19-,20+/m0/s1. The van der Waals surface area contributed by atoms with E-state index in [1.54, 1.807) is 18.2 Å². The predicted molar refractivity (Wildman–Crippen MR) is 96.4 cm³/mol. The molecular weight excluding hydrogens is 366 g/mol. The maximum atomic E-state index is 11.7. The van der Waals surface area contributed by atoms with Crippen LogP contribution in [0.4, 0.5) is 0 Å². The van der Waals surface area contributed by atoms with Gasteiger partial charge in [-0.25, -0.2) is 0 Å². The zero-order chi connectivity index (χ0) is 19.7. The number of ether oxygens (including phenoxy) is 4. The van der Waals surface area contributed by atoms with Crippen LogP contribution in [-0.2, 0) is 19.0 Å². The molecule has 0 radical (unpaired) electrons. The Labute approximate surface area is 162 Å². The maximum absolute atomic E-state index is 11.7. The molecule has 1 amide bonds.